The molecule has 0 saturated carbocycles. The van der Waals surface area contributed by atoms with Crippen molar-refractivity contribution in [3.05, 3.63) is 59.5 Å². The summed E-state index contributed by atoms with van der Waals surface area (Å²) in [5.41, 5.74) is 4.40. The Hall–Kier alpha value is -3.22. The predicted octanol–water partition coefficient (Wildman–Crippen LogP) is 3.01. The van der Waals surface area contributed by atoms with Crippen LogP contribution in [0.1, 0.15) is 23.7 Å². The van der Waals surface area contributed by atoms with E-state index >= 15 is 0 Å². The van der Waals surface area contributed by atoms with Gasteiger partial charge in [0.15, 0.2) is 17.5 Å². The number of benzene rings is 1. The van der Waals surface area contributed by atoms with Crippen molar-refractivity contribution in [3.8, 4) is 11.5 Å². The van der Waals surface area contributed by atoms with Crippen molar-refractivity contribution in [1.29, 1.82) is 0 Å². The van der Waals surface area contributed by atoms with Gasteiger partial charge in [0.25, 0.3) is 0 Å². The third kappa shape index (κ3) is 4.29. The number of pyridine rings is 1. The molecule has 0 aliphatic carbocycles. The first-order valence-electron chi connectivity index (χ1n) is 9.95. The minimum atomic E-state index is 0.293. The molecule has 4 rings (SSSR count). The predicted molar refractivity (Wildman–Crippen MR) is 114 cm³/mol. The second-order valence-electron chi connectivity index (χ2n) is 7.18. The summed E-state index contributed by atoms with van der Waals surface area (Å²) < 4.78 is 12.9. The van der Waals surface area contributed by atoms with Gasteiger partial charge in [-0.25, -0.2) is 4.98 Å². The lowest BCUT2D eigenvalue weighted by Gasteiger charge is -2.22. The van der Waals surface area contributed by atoms with Crippen LogP contribution in [0.4, 0.5) is 0 Å². The van der Waals surface area contributed by atoms with Crippen LogP contribution in [0.3, 0.4) is 0 Å². The Morgan fingerprint density at radius 2 is 2.14 bits per heavy atom. The molecule has 2 aromatic heterocycles. The number of nitrogens with zero attached hydrogens (tertiary/aromatic N) is 4. The van der Waals surface area contributed by atoms with Crippen LogP contribution in [0, 0.1) is 6.92 Å². The highest BCUT2D eigenvalue weighted by atomic mass is 16.7. The van der Waals surface area contributed by atoms with Gasteiger partial charge in [-0.3, -0.25) is 4.99 Å². The molecule has 0 bridgehead atoms. The molecule has 0 fully saturated rings. The largest absolute Gasteiger partial charge is 0.454 e. The molecule has 0 atom stereocenters. The Kier molecular flexibility index (Phi) is 5.55. The molecule has 1 N–H and O–H groups in total. The maximum absolute atomic E-state index is 5.48. The summed E-state index contributed by atoms with van der Waals surface area (Å²) in [5.74, 6) is 2.49. The van der Waals surface area contributed by atoms with Crippen LogP contribution in [-0.2, 0) is 13.0 Å². The summed E-state index contributed by atoms with van der Waals surface area (Å²) in [7, 11) is 2.04. The van der Waals surface area contributed by atoms with E-state index in [4.69, 9.17) is 19.5 Å². The minimum absolute atomic E-state index is 0.293. The lowest BCUT2D eigenvalue weighted by atomic mass is 10.2. The number of ether oxygens (including phenoxy) is 2. The Morgan fingerprint density at radius 3 is 2.97 bits per heavy atom. The second kappa shape index (κ2) is 8.43. The molecule has 7 nitrogen and oxygen atoms in total. The molecule has 1 aromatic carbocycles. The number of aromatic nitrogens is 2. The van der Waals surface area contributed by atoms with Crippen molar-refractivity contribution >= 4 is 11.6 Å². The summed E-state index contributed by atoms with van der Waals surface area (Å²) in [4.78, 5) is 11.7. The van der Waals surface area contributed by atoms with Gasteiger partial charge in [-0.05, 0) is 43.2 Å². The maximum atomic E-state index is 5.48. The molecular weight excluding hydrogens is 366 g/mol. The van der Waals surface area contributed by atoms with E-state index in [0.29, 0.717) is 13.3 Å². The molecular formula is C22H27N5O2. The molecule has 0 unspecified atom stereocenters. The Bertz CT molecular complexity index is 1030. The molecule has 29 heavy (non-hydrogen) atoms. The third-order valence-electron chi connectivity index (χ3n) is 4.91. The maximum Gasteiger partial charge on any atom is 0.231 e. The number of aliphatic imine (C=N–C) groups is 1. The fraction of sp³-hybridized carbons (Fsp3) is 0.364. The van der Waals surface area contributed by atoms with Crippen LogP contribution in [-0.4, -0.2) is 47.2 Å². The Morgan fingerprint density at radius 1 is 1.28 bits per heavy atom. The van der Waals surface area contributed by atoms with Gasteiger partial charge in [-0.1, -0.05) is 12.1 Å². The van der Waals surface area contributed by atoms with Gasteiger partial charge in [0, 0.05) is 45.5 Å². The highest BCUT2D eigenvalue weighted by Gasteiger charge is 2.14. The zero-order valence-electron chi connectivity index (χ0n) is 17.2. The zero-order chi connectivity index (χ0) is 20.2. The molecule has 0 saturated heterocycles. The number of imidazole rings is 1. The number of hydrogen-bond acceptors (Lipinski definition) is 4. The quantitative estimate of drug-likeness (QED) is 0.515. The standard InChI is InChI=1S/C22H27N5O2/c1-4-23-22(26(3)13-17-7-8-19-20(12-17)29-15-28-19)24-10-9-18-14-27-11-5-6-16(2)21(27)25-18/h5-8,11-12,14H,4,9-10,13,15H2,1-3H3,(H,23,24). The van der Waals surface area contributed by atoms with Crippen LogP contribution in [0.5, 0.6) is 11.5 Å². The highest BCUT2D eigenvalue weighted by Crippen LogP contribution is 2.32. The SMILES string of the molecule is CCNC(=NCCc1cn2cccc(C)c2n1)N(C)Cc1ccc2c(c1)OCO2. The molecule has 0 radical (unpaired) electrons. The first-order chi connectivity index (χ1) is 14.1. The van der Waals surface area contributed by atoms with Gasteiger partial charge in [-0.2, -0.15) is 0 Å². The summed E-state index contributed by atoms with van der Waals surface area (Å²) in [6.07, 6.45) is 4.92. The van der Waals surface area contributed by atoms with Gasteiger partial charge in [0.2, 0.25) is 6.79 Å². The summed E-state index contributed by atoms with van der Waals surface area (Å²) >= 11 is 0. The normalized spacial score (nSPS) is 13.1. The van der Waals surface area contributed by atoms with Gasteiger partial charge in [-0.15, -0.1) is 0 Å². The Balaban J connectivity index is 1.41. The van der Waals surface area contributed by atoms with E-state index < -0.39 is 0 Å². The molecule has 3 aromatic rings. The van der Waals surface area contributed by atoms with Crippen LogP contribution in [0.25, 0.3) is 5.65 Å². The van der Waals surface area contributed by atoms with E-state index in [0.717, 1.165) is 53.9 Å². The molecule has 152 valence electrons. The van der Waals surface area contributed by atoms with E-state index in [-0.39, 0.29) is 0 Å². The molecule has 0 amide bonds. The fourth-order valence-corrected chi connectivity index (χ4v) is 3.46. The van der Waals surface area contributed by atoms with E-state index in [1.807, 2.05) is 31.4 Å². The summed E-state index contributed by atoms with van der Waals surface area (Å²) in [5, 5.41) is 3.37. The third-order valence-corrected chi connectivity index (χ3v) is 4.91. The fourth-order valence-electron chi connectivity index (χ4n) is 3.46. The number of nitrogens with one attached hydrogen (secondary N) is 1. The van der Waals surface area contributed by atoms with Gasteiger partial charge in [0.1, 0.15) is 5.65 Å². The van der Waals surface area contributed by atoms with Crippen molar-refractivity contribution in [3.63, 3.8) is 0 Å². The average molecular weight is 393 g/mol. The van der Waals surface area contributed by atoms with Crippen molar-refractivity contribution in [1.82, 2.24) is 19.6 Å². The van der Waals surface area contributed by atoms with Crippen LogP contribution >= 0.6 is 0 Å². The summed E-state index contributed by atoms with van der Waals surface area (Å²) in [6, 6.07) is 10.2. The number of aryl methyl sites for hydroxylation is 1. The van der Waals surface area contributed by atoms with Crippen molar-refractivity contribution < 1.29 is 9.47 Å². The van der Waals surface area contributed by atoms with E-state index in [9.17, 15) is 0 Å². The number of hydrogen-bond donors (Lipinski definition) is 1. The lowest BCUT2D eigenvalue weighted by molar-refractivity contribution is 0.174. The topological polar surface area (TPSA) is 63.4 Å². The molecule has 0 spiro atoms. The van der Waals surface area contributed by atoms with Crippen molar-refractivity contribution in [2.45, 2.75) is 26.8 Å². The average Bonchev–Trinajstić information content (AvgIpc) is 3.34. The highest BCUT2D eigenvalue weighted by molar-refractivity contribution is 5.79. The van der Waals surface area contributed by atoms with Crippen LogP contribution < -0.4 is 14.8 Å². The molecule has 1 aliphatic rings. The van der Waals surface area contributed by atoms with Crippen molar-refractivity contribution in [2.24, 2.45) is 4.99 Å². The number of rotatable bonds is 6. The van der Waals surface area contributed by atoms with Gasteiger partial charge < -0.3 is 24.1 Å². The van der Waals surface area contributed by atoms with E-state index in [1.165, 1.54) is 5.56 Å². The zero-order valence-corrected chi connectivity index (χ0v) is 17.2. The minimum Gasteiger partial charge on any atom is -0.454 e. The number of fused-ring (bicyclic) bond motifs is 2. The van der Waals surface area contributed by atoms with E-state index in [1.54, 1.807) is 0 Å². The molecule has 1 aliphatic heterocycles. The summed E-state index contributed by atoms with van der Waals surface area (Å²) in [6.45, 7) is 6.68. The number of guanidine groups is 1. The van der Waals surface area contributed by atoms with Crippen molar-refractivity contribution in [2.75, 3.05) is 26.9 Å². The smallest absolute Gasteiger partial charge is 0.231 e. The van der Waals surface area contributed by atoms with Gasteiger partial charge in [0.05, 0.1) is 5.69 Å². The second-order valence-corrected chi connectivity index (χ2v) is 7.18. The molecule has 7 heteroatoms. The molecule has 3 heterocycles. The monoisotopic (exact) mass is 393 g/mol. The van der Waals surface area contributed by atoms with Gasteiger partial charge >= 0.3 is 0 Å². The Labute approximate surface area is 171 Å². The first-order valence-corrected chi connectivity index (χ1v) is 9.95. The van der Waals surface area contributed by atoms with Crippen LogP contribution in [0.15, 0.2) is 47.7 Å². The van der Waals surface area contributed by atoms with E-state index in [2.05, 4.69) is 46.8 Å². The first kappa shape index (κ1) is 19.1. The lowest BCUT2D eigenvalue weighted by Crippen LogP contribution is -2.38. The van der Waals surface area contributed by atoms with Crippen LogP contribution in [0.2, 0.25) is 0 Å².